The number of fused-ring (bicyclic) bond motifs is 1. The Labute approximate surface area is 195 Å². The van der Waals surface area contributed by atoms with E-state index in [-0.39, 0.29) is 13.3 Å². The number of nitrogens with one attached hydrogen (secondary N) is 2. The normalized spacial score (nSPS) is 12.8. The van der Waals surface area contributed by atoms with Gasteiger partial charge < -0.3 is 20.9 Å². The summed E-state index contributed by atoms with van der Waals surface area (Å²) in [7, 11) is 0. The molecule has 0 saturated heterocycles. The Balaban J connectivity index is 0. The molecule has 1 aliphatic carbocycles. The second-order valence-corrected chi connectivity index (χ2v) is 7.40. The van der Waals surface area contributed by atoms with Crippen molar-refractivity contribution in [2.45, 2.75) is 93.9 Å². The number of nitrogens with two attached hydrogens (primary N) is 1. The highest BCUT2D eigenvalue weighted by molar-refractivity contribution is 6.02. The van der Waals surface area contributed by atoms with Gasteiger partial charge in [-0.15, -0.1) is 0 Å². The topological polar surface area (TPSA) is 100 Å². The zero-order valence-corrected chi connectivity index (χ0v) is 20.3. The molecule has 2 aromatic rings. The largest absolute Gasteiger partial charge is 0.358 e. The minimum atomic E-state index is 0. The minimum Gasteiger partial charge on any atom is -0.358 e. The summed E-state index contributed by atoms with van der Waals surface area (Å²) in [4.78, 5) is 24.3. The highest BCUT2D eigenvalue weighted by Gasteiger charge is 2.17. The van der Waals surface area contributed by atoms with E-state index < -0.39 is 0 Å². The van der Waals surface area contributed by atoms with Gasteiger partial charge in [-0.25, -0.2) is 0 Å². The van der Waals surface area contributed by atoms with Crippen LogP contribution >= 0.6 is 0 Å². The van der Waals surface area contributed by atoms with Crippen molar-refractivity contribution in [1.29, 1.82) is 0 Å². The van der Waals surface area contributed by atoms with Gasteiger partial charge in [0.2, 0.25) is 5.91 Å². The first-order chi connectivity index (χ1) is 15.0. The van der Waals surface area contributed by atoms with Crippen LogP contribution in [-0.4, -0.2) is 23.4 Å². The van der Waals surface area contributed by atoms with Crippen molar-refractivity contribution in [2.24, 2.45) is 16.9 Å². The predicted molar refractivity (Wildman–Crippen MR) is 140 cm³/mol. The van der Waals surface area contributed by atoms with Crippen LogP contribution in [0.2, 0.25) is 0 Å². The fraction of sp³-hybridized carbons (Fsp3) is 0.577. The summed E-state index contributed by atoms with van der Waals surface area (Å²) in [5.74, 6) is 5.93. The Hall–Kier alpha value is -2.63. The number of aldehydes is 1. The molecule has 6 heteroatoms. The van der Waals surface area contributed by atoms with Crippen LogP contribution in [0.1, 0.15) is 98.2 Å². The Morgan fingerprint density at radius 2 is 1.78 bits per heavy atom. The molecule has 0 aliphatic heterocycles. The van der Waals surface area contributed by atoms with Crippen molar-refractivity contribution in [3.05, 3.63) is 29.5 Å². The molecule has 1 saturated carbocycles. The molecule has 32 heavy (non-hydrogen) atoms. The Bertz CT molecular complexity index is 790. The van der Waals surface area contributed by atoms with Gasteiger partial charge in [-0.2, -0.15) is 5.10 Å². The predicted octanol–water partition coefficient (Wildman–Crippen LogP) is 6.96. The first-order valence-electron chi connectivity index (χ1n) is 11.6. The molecule has 1 heterocycles. The van der Waals surface area contributed by atoms with Crippen LogP contribution in [0, 0.1) is 12.8 Å². The van der Waals surface area contributed by atoms with Gasteiger partial charge in [-0.3, -0.25) is 4.79 Å². The van der Waals surface area contributed by atoms with E-state index in [1.54, 1.807) is 6.21 Å². The number of aromatic nitrogens is 1. The molecule has 0 atom stereocenters. The molecule has 1 aromatic carbocycles. The number of hydrazone groups is 1. The maximum atomic E-state index is 12.2. The number of hydrogen-bond acceptors (Lipinski definition) is 4. The van der Waals surface area contributed by atoms with Crippen molar-refractivity contribution in [3.8, 4) is 0 Å². The molecule has 0 bridgehead atoms. The number of carbonyl (C=O) groups excluding carboxylic acids is 2. The highest BCUT2D eigenvalue weighted by Crippen LogP contribution is 2.27. The van der Waals surface area contributed by atoms with Crippen molar-refractivity contribution >= 4 is 35.0 Å². The van der Waals surface area contributed by atoms with Gasteiger partial charge in [-0.1, -0.05) is 66.9 Å². The van der Waals surface area contributed by atoms with Crippen molar-refractivity contribution in [3.63, 3.8) is 0 Å². The maximum absolute atomic E-state index is 12.2. The van der Waals surface area contributed by atoms with E-state index in [4.69, 9.17) is 10.6 Å². The van der Waals surface area contributed by atoms with Crippen molar-refractivity contribution < 1.29 is 9.59 Å². The van der Waals surface area contributed by atoms with Crippen LogP contribution in [0.3, 0.4) is 0 Å². The number of aromatic amines is 1. The Morgan fingerprint density at radius 3 is 2.31 bits per heavy atom. The average molecular weight is 447 g/mol. The lowest BCUT2D eigenvalue weighted by atomic mass is 9.87. The van der Waals surface area contributed by atoms with E-state index in [9.17, 15) is 4.79 Å². The van der Waals surface area contributed by atoms with Gasteiger partial charge >= 0.3 is 0 Å². The van der Waals surface area contributed by atoms with Crippen LogP contribution in [0.25, 0.3) is 10.9 Å². The number of anilines is 1. The summed E-state index contributed by atoms with van der Waals surface area (Å²) in [6, 6.07) is 5.89. The van der Waals surface area contributed by atoms with Crippen LogP contribution in [-0.2, 0) is 9.59 Å². The summed E-state index contributed by atoms with van der Waals surface area (Å²) in [6.45, 7) is 11.7. The molecule has 3 rings (SSSR count). The zero-order valence-electron chi connectivity index (χ0n) is 20.3. The third kappa shape index (κ3) is 11.1. The van der Waals surface area contributed by atoms with E-state index in [0.29, 0.717) is 12.3 Å². The molecule has 6 nitrogen and oxygen atoms in total. The summed E-state index contributed by atoms with van der Waals surface area (Å²) in [5.41, 5.74) is 3.81. The summed E-state index contributed by atoms with van der Waals surface area (Å²) in [5, 5.41) is 7.69. The lowest BCUT2D eigenvalue weighted by molar-refractivity contribution is -0.117. The number of rotatable bonds is 4. The number of benzene rings is 1. The Morgan fingerprint density at radius 1 is 1.22 bits per heavy atom. The lowest BCUT2D eigenvalue weighted by Gasteiger charge is -2.20. The number of carbonyl (C=O) groups is 2. The molecular formula is C26H46N4O2. The van der Waals surface area contributed by atoms with Gasteiger partial charge in [0.15, 0.2) is 0 Å². The lowest BCUT2D eigenvalue weighted by Crippen LogP contribution is -2.18. The van der Waals surface area contributed by atoms with E-state index in [2.05, 4.69) is 29.2 Å². The molecule has 1 aliphatic rings. The molecule has 1 fully saturated rings. The fourth-order valence-electron chi connectivity index (χ4n) is 3.54. The molecule has 4 N–H and O–H groups in total. The standard InChI is InChI=1S/C18H24N4O.C3H8.C2H4O.C2H6.CH4/c1-12-16(11-20-19)15-8-7-14(10-17(15)21-12)22-18(23)9-13-5-3-2-4-6-13;1-3-2;1-2-3;1-2;/h7-8,10-11,13,21H,2-6,9,19H2,1H3,(H,22,23);3H2,1-2H3;2H,1H3;1-2H3;1H4/b20-11-;;;;. The smallest absolute Gasteiger partial charge is 0.224 e. The second kappa shape index (κ2) is 19.1. The monoisotopic (exact) mass is 446 g/mol. The second-order valence-electron chi connectivity index (χ2n) is 7.40. The SMILES string of the molecule is C.CC.CC=O.CCC.Cc1[nH]c2cc(NC(=O)CC3CCCCC3)ccc2c1/C=N\N. The zero-order chi connectivity index (χ0) is 23.6. The molecule has 1 aromatic heterocycles. The molecule has 1 amide bonds. The van der Waals surface area contributed by atoms with Gasteiger partial charge in [0.05, 0.1) is 6.21 Å². The fourth-order valence-corrected chi connectivity index (χ4v) is 3.54. The van der Waals surface area contributed by atoms with E-state index in [0.717, 1.165) is 34.1 Å². The van der Waals surface area contributed by atoms with Gasteiger partial charge in [0.1, 0.15) is 6.29 Å². The van der Waals surface area contributed by atoms with Gasteiger partial charge in [0.25, 0.3) is 0 Å². The number of hydrogen-bond donors (Lipinski definition) is 3. The first kappa shape index (κ1) is 31.6. The molecule has 0 radical (unpaired) electrons. The van der Waals surface area contributed by atoms with E-state index in [1.807, 2.05) is 39.0 Å². The number of H-pyrrole nitrogens is 1. The number of amides is 1. The summed E-state index contributed by atoms with van der Waals surface area (Å²) in [6.07, 6.45) is 10.5. The third-order valence-corrected chi connectivity index (χ3v) is 4.72. The van der Waals surface area contributed by atoms with Gasteiger partial charge in [-0.05, 0) is 44.7 Å². The number of aryl methyl sites for hydroxylation is 1. The van der Waals surface area contributed by atoms with Crippen molar-refractivity contribution in [1.82, 2.24) is 4.98 Å². The average Bonchev–Trinajstić information content (AvgIpc) is 3.06. The summed E-state index contributed by atoms with van der Waals surface area (Å²) < 4.78 is 0. The first-order valence-corrected chi connectivity index (χ1v) is 11.6. The maximum Gasteiger partial charge on any atom is 0.224 e. The Kier molecular flexibility index (Phi) is 18.8. The van der Waals surface area contributed by atoms with Gasteiger partial charge in [0, 0.05) is 34.3 Å². The highest BCUT2D eigenvalue weighted by atomic mass is 16.1. The molecule has 182 valence electrons. The van der Waals surface area contributed by atoms with Crippen LogP contribution in [0.4, 0.5) is 5.69 Å². The van der Waals surface area contributed by atoms with Crippen LogP contribution in [0.15, 0.2) is 23.3 Å². The minimum absolute atomic E-state index is 0. The van der Waals surface area contributed by atoms with E-state index >= 15 is 0 Å². The molecular weight excluding hydrogens is 400 g/mol. The van der Waals surface area contributed by atoms with Crippen molar-refractivity contribution in [2.75, 3.05) is 5.32 Å². The molecule has 0 spiro atoms. The quantitative estimate of drug-likeness (QED) is 0.205. The van der Waals surface area contributed by atoms with E-state index in [1.165, 1.54) is 45.4 Å². The summed E-state index contributed by atoms with van der Waals surface area (Å²) >= 11 is 0. The van der Waals surface area contributed by atoms with Crippen LogP contribution in [0.5, 0.6) is 0 Å². The van der Waals surface area contributed by atoms with Crippen LogP contribution < -0.4 is 11.2 Å². The third-order valence-electron chi connectivity index (χ3n) is 4.72. The number of nitrogens with zero attached hydrogens (tertiary/aromatic N) is 1. The molecule has 0 unspecified atom stereocenters.